The van der Waals surface area contributed by atoms with Crippen molar-refractivity contribution in [1.29, 1.82) is 0 Å². The van der Waals surface area contributed by atoms with Gasteiger partial charge in [-0.2, -0.15) is 0 Å². The van der Waals surface area contributed by atoms with Crippen molar-refractivity contribution in [3.8, 4) is 0 Å². The summed E-state index contributed by atoms with van der Waals surface area (Å²) < 4.78 is 10.4. The fraction of sp³-hybridized carbons (Fsp3) is 0.261. The fourth-order valence-electron chi connectivity index (χ4n) is 3.32. The van der Waals surface area contributed by atoms with Gasteiger partial charge in [0.1, 0.15) is 6.17 Å². The number of para-hydroxylation sites is 2. The summed E-state index contributed by atoms with van der Waals surface area (Å²) in [6.45, 7) is 3.74. The number of nitrogens with zero attached hydrogens (tertiary/aromatic N) is 2. The largest absolute Gasteiger partial charge is 0.449 e. The number of hydrogen-bond acceptors (Lipinski definition) is 5. The lowest BCUT2D eigenvalue weighted by atomic mass is 10.1. The van der Waals surface area contributed by atoms with Crippen LogP contribution in [0.5, 0.6) is 0 Å². The Kier molecular flexibility index (Phi) is 6.85. The minimum atomic E-state index is -0.881. The number of allylic oxidation sites excluding steroid dienone is 1. The van der Waals surface area contributed by atoms with Crippen LogP contribution in [-0.4, -0.2) is 37.3 Å². The quantitative estimate of drug-likeness (QED) is 0.652. The lowest BCUT2D eigenvalue weighted by molar-refractivity contribution is -0.114. The first-order valence-electron chi connectivity index (χ1n) is 9.83. The van der Waals surface area contributed by atoms with E-state index in [0.717, 1.165) is 5.56 Å². The molecule has 0 aliphatic carbocycles. The van der Waals surface area contributed by atoms with Gasteiger partial charge in [0.2, 0.25) is 0 Å². The van der Waals surface area contributed by atoms with Crippen molar-refractivity contribution in [2.45, 2.75) is 26.4 Å². The normalized spacial score (nSPS) is 13.4. The Labute approximate surface area is 175 Å². The molecule has 0 bridgehead atoms. The molecular formula is C23H24N2O5. The molecule has 0 spiro atoms. The fourth-order valence-corrected chi connectivity index (χ4v) is 3.32. The topological polar surface area (TPSA) is 76.2 Å². The summed E-state index contributed by atoms with van der Waals surface area (Å²) in [6.07, 6.45) is 0.922. The summed E-state index contributed by atoms with van der Waals surface area (Å²) in [4.78, 5) is 40.8. The van der Waals surface area contributed by atoms with Crippen molar-refractivity contribution in [2.75, 3.05) is 23.0 Å². The van der Waals surface area contributed by atoms with Crippen LogP contribution in [0.25, 0.3) is 6.08 Å². The van der Waals surface area contributed by atoms with Gasteiger partial charge < -0.3 is 9.47 Å². The van der Waals surface area contributed by atoms with Crippen molar-refractivity contribution in [3.63, 3.8) is 0 Å². The Balaban J connectivity index is 1.92. The van der Waals surface area contributed by atoms with Crippen LogP contribution >= 0.6 is 0 Å². The third-order valence-corrected chi connectivity index (χ3v) is 4.57. The highest BCUT2D eigenvalue weighted by molar-refractivity contribution is 6.06. The number of benzene rings is 2. The number of carbonyl (C=O) groups excluding carboxylic acids is 3. The standard InChI is InChI=1S/C23H24N2O5/c1-3-29-22(27)24-19-12-8-9-13-20(19)25(23(28)30-4-2)21(24)16-18(26)15-14-17-10-6-5-7-11-17/h5-15,21H,3-4,16H2,1-2H3. The minimum Gasteiger partial charge on any atom is -0.449 e. The lowest BCUT2D eigenvalue weighted by Crippen LogP contribution is -2.50. The van der Waals surface area contributed by atoms with Crippen molar-refractivity contribution in [1.82, 2.24) is 0 Å². The van der Waals surface area contributed by atoms with Crippen LogP contribution in [0, 0.1) is 0 Å². The summed E-state index contributed by atoms with van der Waals surface area (Å²) in [5.41, 5.74) is 1.87. The van der Waals surface area contributed by atoms with E-state index in [9.17, 15) is 14.4 Å². The first-order valence-corrected chi connectivity index (χ1v) is 9.83. The summed E-state index contributed by atoms with van der Waals surface area (Å²) >= 11 is 0. The van der Waals surface area contributed by atoms with Gasteiger partial charge >= 0.3 is 12.2 Å². The zero-order valence-corrected chi connectivity index (χ0v) is 17.0. The van der Waals surface area contributed by atoms with E-state index in [1.54, 1.807) is 44.2 Å². The molecule has 0 saturated carbocycles. The molecule has 2 aromatic carbocycles. The van der Waals surface area contributed by atoms with E-state index in [1.165, 1.54) is 15.9 Å². The van der Waals surface area contributed by atoms with E-state index in [4.69, 9.17) is 9.47 Å². The highest BCUT2D eigenvalue weighted by atomic mass is 16.6. The first kappa shape index (κ1) is 21.1. The number of fused-ring (bicyclic) bond motifs is 1. The Morgan fingerprint density at radius 1 is 0.833 bits per heavy atom. The van der Waals surface area contributed by atoms with Crippen molar-refractivity contribution >= 4 is 35.4 Å². The lowest BCUT2D eigenvalue weighted by Gasteiger charge is -2.28. The Morgan fingerprint density at radius 3 is 1.83 bits per heavy atom. The number of rotatable bonds is 6. The maximum Gasteiger partial charge on any atom is 0.416 e. The molecule has 0 aromatic heterocycles. The first-order chi connectivity index (χ1) is 14.6. The summed E-state index contributed by atoms with van der Waals surface area (Å²) in [5, 5.41) is 0. The molecule has 1 aliphatic rings. The molecule has 0 atom stereocenters. The van der Waals surface area contributed by atoms with Gasteiger partial charge in [-0.3, -0.25) is 14.6 Å². The van der Waals surface area contributed by atoms with Gasteiger partial charge in [0.15, 0.2) is 5.78 Å². The average molecular weight is 408 g/mol. The zero-order chi connectivity index (χ0) is 21.5. The molecule has 0 unspecified atom stereocenters. The Morgan fingerprint density at radius 2 is 1.33 bits per heavy atom. The molecule has 7 nitrogen and oxygen atoms in total. The molecule has 2 amide bonds. The molecular weight excluding hydrogens is 384 g/mol. The third-order valence-electron chi connectivity index (χ3n) is 4.57. The monoisotopic (exact) mass is 408 g/mol. The van der Waals surface area contributed by atoms with Gasteiger partial charge in [0.05, 0.1) is 31.0 Å². The maximum atomic E-state index is 12.7. The van der Waals surface area contributed by atoms with E-state index in [0.29, 0.717) is 11.4 Å². The molecule has 1 aliphatic heterocycles. The van der Waals surface area contributed by atoms with E-state index in [-0.39, 0.29) is 25.4 Å². The zero-order valence-electron chi connectivity index (χ0n) is 17.0. The van der Waals surface area contributed by atoms with Crippen LogP contribution in [0.4, 0.5) is 21.0 Å². The third kappa shape index (κ3) is 4.51. The number of anilines is 2. The van der Waals surface area contributed by atoms with Gasteiger partial charge in [-0.15, -0.1) is 0 Å². The van der Waals surface area contributed by atoms with E-state index >= 15 is 0 Å². The van der Waals surface area contributed by atoms with E-state index < -0.39 is 18.4 Å². The molecule has 3 rings (SSSR count). The van der Waals surface area contributed by atoms with Crippen molar-refractivity contribution < 1.29 is 23.9 Å². The second kappa shape index (κ2) is 9.73. The number of amides is 2. The van der Waals surface area contributed by atoms with Crippen LogP contribution in [0.3, 0.4) is 0 Å². The number of hydrogen-bond donors (Lipinski definition) is 0. The highest BCUT2D eigenvalue weighted by Gasteiger charge is 2.44. The molecule has 1 heterocycles. The SMILES string of the molecule is CCOC(=O)N1c2ccccc2N(C(=O)OCC)C1CC(=O)C=Cc1ccccc1. The minimum absolute atomic E-state index is 0.102. The molecule has 0 fully saturated rings. The molecule has 0 saturated heterocycles. The van der Waals surface area contributed by atoms with Crippen molar-refractivity contribution in [3.05, 3.63) is 66.2 Å². The summed E-state index contributed by atoms with van der Waals surface area (Å²) in [7, 11) is 0. The molecule has 156 valence electrons. The molecule has 0 radical (unpaired) electrons. The van der Waals surface area contributed by atoms with E-state index in [1.807, 2.05) is 30.3 Å². The predicted molar refractivity (Wildman–Crippen MR) is 114 cm³/mol. The van der Waals surface area contributed by atoms with Crippen LogP contribution in [0.2, 0.25) is 0 Å². The van der Waals surface area contributed by atoms with E-state index in [2.05, 4.69) is 0 Å². The van der Waals surface area contributed by atoms with Gasteiger partial charge in [0, 0.05) is 0 Å². The molecule has 7 heteroatoms. The molecule has 0 N–H and O–H groups in total. The Bertz CT molecular complexity index is 897. The number of carbonyl (C=O) groups is 3. The second-order valence-electron chi connectivity index (χ2n) is 6.52. The van der Waals surface area contributed by atoms with Gasteiger partial charge in [-0.05, 0) is 37.6 Å². The van der Waals surface area contributed by atoms with Gasteiger partial charge in [-0.1, -0.05) is 48.5 Å². The van der Waals surface area contributed by atoms with Crippen LogP contribution in [0.15, 0.2) is 60.7 Å². The maximum absolute atomic E-state index is 12.7. The van der Waals surface area contributed by atoms with Crippen molar-refractivity contribution in [2.24, 2.45) is 0 Å². The van der Waals surface area contributed by atoms with Crippen LogP contribution in [0.1, 0.15) is 25.8 Å². The van der Waals surface area contributed by atoms with Crippen LogP contribution < -0.4 is 9.80 Å². The smallest absolute Gasteiger partial charge is 0.416 e. The second-order valence-corrected chi connectivity index (χ2v) is 6.52. The highest BCUT2D eigenvalue weighted by Crippen LogP contribution is 2.41. The van der Waals surface area contributed by atoms with Gasteiger partial charge in [-0.25, -0.2) is 9.59 Å². The van der Waals surface area contributed by atoms with Crippen LogP contribution in [-0.2, 0) is 14.3 Å². The predicted octanol–water partition coefficient (Wildman–Crippen LogP) is 4.62. The number of ether oxygens (including phenoxy) is 2. The number of ketones is 1. The Hall–Kier alpha value is -3.61. The summed E-state index contributed by atoms with van der Waals surface area (Å²) in [5.74, 6) is -0.236. The summed E-state index contributed by atoms with van der Waals surface area (Å²) in [6, 6.07) is 16.3. The van der Waals surface area contributed by atoms with Gasteiger partial charge in [0.25, 0.3) is 0 Å². The average Bonchev–Trinajstić information content (AvgIpc) is 3.07. The molecule has 2 aromatic rings. The molecule has 30 heavy (non-hydrogen) atoms.